The molecule has 0 radical (unpaired) electrons. The fourth-order valence-electron chi connectivity index (χ4n) is 1.42. The van der Waals surface area contributed by atoms with Crippen LogP contribution in [-0.4, -0.2) is 29.6 Å². The number of aromatic nitrogens is 1. The quantitative estimate of drug-likeness (QED) is 0.720. The number of hydrogen-bond donors (Lipinski definition) is 1. The molecule has 0 fully saturated rings. The van der Waals surface area contributed by atoms with Crippen LogP contribution in [0.25, 0.3) is 0 Å². The molecule has 1 N–H and O–H groups in total. The monoisotopic (exact) mass is 224 g/mol. The Hall–Kier alpha value is -0.540. The molecule has 1 atom stereocenters. The van der Waals surface area contributed by atoms with Crippen LogP contribution in [0.15, 0.2) is 24.5 Å². The van der Waals surface area contributed by atoms with Crippen LogP contribution in [0.4, 0.5) is 0 Å². The minimum absolute atomic E-state index is 0.573. The van der Waals surface area contributed by atoms with Gasteiger partial charge in [0, 0.05) is 24.2 Å². The van der Waals surface area contributed by atoms with Crippen molar-refractivity contribution in [3.05, 3.63) is 30.1 Å². The Morgan fingerprint density at radius 3 is 2.73 bits per heavy atom. The lowest BCUT2D eigenvalue weighted by atomic mass is 10.1. The summed E-state index contributed by atoms with van der Waals surface area (Å²) in [4.78, 5) is 4.03. The number of nitrogens with one attached hydrogen (secondary N) is 1. The summed E-state index contributed by atoms with van der Waals surface area (Å²) < 4.78 is 0. The highest BCUT2D eigenvalue weighted by Gasteiger charge is 2.06. The fourth-order valence-corrected chi connectivity index (χ4v) is 2.44. The summed E-state index contributed by atoms with van der Waals surface area (Å²) in [6.45, 7) is 2.23. The summed E-state index contributed by atoms with van der Waals surface area (Å²) in [5.74, 6) is 2.45. The first-order chi connectivity index (χ1) is 7.36. The number of rotatable bonds is 7. The second kappa shape index (κ2) is 7.71. The molecule has 15 heavy (non-hydrogen) atoms. The summed E-state index contributed by atoms with van der Waals surface area (Å²) in [6, 6.07) is 4.76. The van der Waals surface area contributed by atoms with Gasteiger partial charge in [-0.15, -0.1) is 0 Å². The van der Waals surface area contributed by atoms with Gasteiger partial charge in [-0.05, 0) is 43.3 Å². The van der Waals surface area contributed by atoms with Crippen molar-refractivity contribution in [2.45, 2.75) is 25.8 Å². The Balaban J connectivity index is 2.33. The average molecular weight is 224 g/mol. The van der Waals surface area contributed by atoms with Gasteiger partial charge in [0.1, 0.15) is 0 Å². The summed E-state index contributed by atoms with van der Waals surface area (Å²) in [5.41, 5.74) is 1.36. The molecule has 0 bridgehead atoms. The highest BCUT2D eigenvalue weighted by Crippen LogP contribution is 2.09. The lowest BCUT2D eigenvalue weighted by Crippen LogP contribution is -2.30. The van der Waals surface area contributed by atoms with E-state index in [1.54, 1.807) is 0 Å². The number of nitrogens with zero attached hydrogens (tertiary/aromatic N) is 1. The second-order valence-electron chi connectivity index (χ2n) is 3.62. The number of pyridine rings is 1. The molecular formula is C12H20N2S. The van der Waals surface area contributed by atoms with Crippen LogP contribution in [0.1, 0.15) is 18.9 Å². The van der Waals surface area contributed by atoms with Crippen molar-refractivity contribution in [3.8, 4) is 0 Å². The zero-order valence-electron chi connectivity index (χ0n) is 9.57. The second-order valence-corrected chi connectivity index (χ2v) is 4.77. The molecule has 0 saturated heterocycles. The highest BCUT2D eigenvalue weighted by molar-refractivity contribution is 7.99. The van der Waals surface area contributed by atoms with E-state index >= 15 is 0 Å². The maximum absolute atomic E-state index is 4.03. The topological polar surface area (TPSA) is 24.9 Å². The van der Waals surface area contributed by atoms with Crippen LogP contribution in [0.2, 0.25) is 0 Å². The van der Waals surface area contributed by atoms with Crippen molar-refractivity contribution >= 4 is 11.8 Å². The van der Waals surface area contributed by atoms with Crippen LogP contribution in [-0.2, 0) is 6.42 Å². The van der Waals surface area contributed by atoms with E-state index in [0.29, 0.717) is 6.04 Å². The van der Waals surface area contributed by atoms with Crippen molar-refractivity contribution in [1.82, 2.24) is 10.3 Å². The van der Waals surface area contributed by atoms with Crippen molar-refractivity contribution < 1.29 is 0 Å². The van der Waals surface area contributed by atoms with E-state index in [1.165, 1.54) is 23.5 Å². The molecule has 0 aliphatic rings. The molecule has 2 nitrogen and oxygen atoms in total. The van der Waals surface area contributed by atoms with E-state index in [2.05, 4.69) is 29.4 Å². The zero-order chi connectivity index (χ0) is 10.9. The van der Waals surface area contributed by atoms with E-state index in [0.717, 1.165) is 6.42 Å². The Morgan fingerprint density at radius 1 is 1.40 bits per heavy atom. The molecule has 3 heteroatoms. The molecule has 84 valence electrons. The molecule has 0 aromatic carbocycles. The van der Waals surface area contributed by atoms with Gasteiger partial charge >= 0.3 is 0 Å². The van der Waals surface area contributed by atoms with Crippen LogP contribution >= 0.6 is 11.8 Å². The van der Waals surface area contributed by atoms with Crippen LogP contribution in [0.5, 0.6) is 0 Å². The SMILES string of the molecule is CCCSCC(Cc1ccncc1)NC. The maximum Gasteiger partial charge on any atom is 0.0270 e. The van der Waals surface area contributed by atoms with E-state index in [9.17, 15) is 0 Å². The Kier molecular flexibility index (Phi) is 6.44. The van der Waals surface area contributed by atoms with Crippen molar-refractivity contribution in [2.75, 3.05) is 18.6 Å². The molecular weight excluding hydrogens is 204 g/mol. The predicted molar refractivity (Wildman–Crippen MR) is 68.4 cm³/mol. The van der Waals surface area contributed by atoms with Gasteiger partial charge in [-0.25, -0.2) is 0 Å². The average Bonchev–Trinajstić information content (AvgIpc) is 2.29. The van der Waals surface area contributed by atoms with E-state index in [-0.39, 0.29) is 0 Å². The summed E-state index contributed by atoms with van der Waals surface area (Å²) in [7, 11) is 2.04. The molecule has 1 heterocycles. The minimum Gasteiger partial charge on any atom is -0.316 e. The third-order valence-electron chi connectivity index (χ3n) is 2.31. The molecule has 0 saturated carbocycles. The molecule has 0 spiro atoms. The first-order valence-electron chi connectivity index (χ1n) is 5.50. The third-order valence-corrected chi connectivity index (χ3v) is 3.64. The van der Waals surface area contributed by atoms with E-state index in [1.807, 2.05) is 31.2 Å². The van der Waals surface area contributed by atoms with Crippen LogP contribution in [0, 0.1) is 0 Å². The van der Waals surface area contributed by atoms with Gasteiger partial charge in [0.15, 0.2) is 0 Å². The maximum atomic E-state index is 4.03. The molecule has 0 aliphatic carbocycles. The Morgan fingerprint density at radius 2 is 2.13 bits per heavy atom. The van der Waals surface area contributed by atoms with Crippen LogP contribution in [0.3, 0.4) is 0 Å². The molecule has 1 unspecified atom stereocenters. The van der Waals surface area contributed by atoms with E-state index in [4.69, 9.17) is 0 Å². The molecule has 0 amide bonds. The van der Waals surface area contributed by atoms with Crippen molar-refractivity contribution in [3.63, 3.8) is 0 Å². The molecule has 0 aliphatic heterocycles. The summed E-state index contributed by atoms with van der Waals surface area (Å²) in [6.07, 6.45) is 6.08. The van der Waals surface area contributed by atoms with Gasteiger partial charge in [-0.3, -0.25) is 4.98 Å². The van der Waals surface area contributed by atoms with Gasteiger partial charge in [0.05, 0.1) is 0 Å². The summed E-state index contributed by atoms with van der Waals surface area (Å²) >= 11 is 2.03. The van der Waals surface area contributed by atoms with Gasteiger partial charge in [-0.1, -0.05) is 6.92 Å². The number of thioether (sulfide) groups is 1. The minimum atomic E-state index is 0.573. The van der Waals surface area contributed by atoms with Gasteiger partial charge in [0.25, 0.3) is 0 Å². The van der Waals surface area contributed by atoms with Gasteiger partial charge in [0.2, 0.25) is 0 Å². The lowest BCUT2D eigenvalue weighted by molar-refractivity contribution is 0.616. The predicted octanol–water partition coefficient (Wildman–Crippen LogP) is 2.36. The standard InChI is InChI=1S/C12H20N2S/c1-3-8-15-10-12(13-2)9-11-4-6-14-7-5-11/h4-7,12-13H,3,8-10H2,1-2H3. The van der Waals surface area contributed by atoms with E-state index < -0.39 is 0 Å². The lowest BCUT2D eigenvalue weighted by Gasteiger charge is -2.15. The molecule has 1 aromatic heterocycles. The smallest absolute Gasteiger partial charge is 0.0270 e. The Bertz CT molecular complexity index is 251. The molecule has 1 rings (SSSR count). The Labute approximate surface area is 96.9 Å². The van der Waals surface area contributed by atoms with Gasteiger partial charge < -0.3 is 5.32 Å². The van der Waals surface area contributed by atoms with Gasteiger partial charge in [-0.2, -0.15) is 11.8 Å². The largest absolute Gasteiger partial charge is 0.316 e. The summed E-state index contributed by atoms with van der Waals surface area (Å²) in [5, 5.41) is 3.37. The zero-order valence-corrected chi connectivity index (χ0v) is 10.4. The van der Waals surface area contributed by atoms with Crippen LogP contribution < -0.4 is 5.32 Å². The third kappa shape index (κ3) is 5.19. The van der Waals surface area contributed by atoms with Crippen molar-refractivity contribution in [2.24, 2.45) is 0 Å². The fraction of sp³-hybridized carbons (Fsp3) is 0.583. The van der Waals surface area contributed by atoms with Crippen molar-refractivity contribution in [1.29, 1.82) is 0 Å². The number of hydrogen-bond acceptors (Lipinski definition) is 3. The normalized spacial score (nSPS) is 12.7. The first-order valence-corrected chi connectivity index (χ1v) is 6.66. The number of likely N-dealkylation sites (N-methyl/N-ethyl adjacent to an activating group) is 1. The first kappa shape index (κ1) is 12.5. The highest BCUT2D eigenvalue weighted by atomic mass is 32.2. The molecule has 1 aromatic rings.